The Balaban J connectivity index is -0.0000000457. The third-order valence-electron chi connectivity index (χ3n) is 0. The Kier molecular flexibility index (Phi) is 18.9. The second-order valence-corrected chi connectivity index (χ2v) is 3.08. The Morgan fingerprint density at radius 2 is 0.667 bits per heavy atom. The molecule has 0 bridgehead atoms. The quantitative estimate of drug-likeness (QED) is 0.205. The molecule has 64 valence electrons. The van der Waals surface area contributed by atoms with Gasteiger partial charge in [-0.2, -0.15) is 0 Å². The van der Waals surface area contributed by atoms with Gasteiger partial charge in [0.05, 0.1) is 0 Å². The van der Waals surface area contributed by atoms with Crippen molar-refractivity contribution < 1.29 is 38.5 Å². The van der Waals surface area contributed by atoms with Gasteiger partial charge in [-0.3, -0.25) is 0 Å². The van der Waals surface area contributed by atoms with E-state index >= 15 is 0 Å². The number of rotatable bonds is 0. The van der Waals surface area contributed by atoms with E-state index in [0.717, 1.165) is 0 Å². The molecule has 0 aliphatic carbocycles. The van der Waals surface area contributed by atoms with Crippen LogP contribution in [0.25, 0.3) is 0 Å². The van der Waals surface area contributed by atoms with Crippen LogP contribution >= 0.6 is 15.6 Å². The van der Waals surface area contributed by atoms with Gasteiger partial charge in [0, 0.05) is 0 Å². The van der Waals surface area contributed by atoms with Gasteiger partial charge in [0.1, 0.15) is 0 Å². The molecular weight excluding hydrogens is 257 g/mol. The molecule has 0 unspecified atom stereocenters. The van der Waals surface area contributed by atoms with Gasteiger partial charge in [-0.25, -0.2) is 9.13 Å². The van der Waals surface area contributed by atoms with E-state index in [0.29, 0.717) is 0 Å². The molecule has 0 aromatic carbocycles. The summed E-state index contributed by atoms with van der Waals surface area (Å²) in [6.45, 7) is 0. The van der Waals surface area contributed by atoms with Crippen molar-refractivity contribution in [2.75, 3.05) is 0 Å². The smallest absolute Gasteiger partial charge is 0.303 e. The zero-order valence-corrected chi connectivity index (χ0v) is 10.8. The first kappa shape index (κ1) is 23.7. The molecule has 0 spiro atoms. The van der Waals surface area contributed by atoms with E-state index in [1.807, 2.05) is 0 Å². The van der Waals surface area contributed by atoms with Gasteiger partial charge in [-0.1, -0.05) is 0 Å². The van der Waals surface area contributed by atoms with E-state index < -0.39 is 15.6 Å². The van der Waals surface area contributed by atoms with Gasteiger partial charge in [-0.15, -0.1) is 0 Å². The molecule has 0 aliphatic rings. The van der Waals surface area contributed by atoms with Crippen molar-refractivity contribution >= 4 is 70.7 Å². The largest absolute Gasteiger partial charge is 3.00 e. The van der Waals surface area contributed by atoms with Crippen LogP contribution in [0.2, 0.25) is 0 Å². The van der Waals surface area contributed by atoms with Gasteiger partial charge in [0.25, 0.3) is 0 Å². The topological polar surface area (TPSA) is 156 Å². The number of hydrogen-bond donors (Lipinski definition) is 6. The first-order valence-corrected chi connectivity index (χ1v) is 4.70. The second kappa shape index (κ2) is 9.56. The third kappa shape index (κ3) is 360. The van der Waals surface area contributed by atoms with Crippen molar-refractivity contribution in [2.45, 2.75) is 0 Å². The molecule has 0 saturated heterocycles. The predicted octanol–water partition coefficient (Wildman–Crippen LogP) is -2.62. The minimum absolute atomic E-state index is 0. The number of phosphoric acid groups is 2. The fraction of sp³-hybridized carbons (Fsp3) is 0. The molecular formula is H6AlCaO8P2+5. The molecule has 0 aromatic rings. The van der Waals surface area contributed by atoms with Crippen LogP contribution in [0.1, 0.15) is 0 Å². The Morgan fingerprint density at radius 3 is 0.667 bits per heavy atom. The summed E-state index contributed by atoms with van der Waals surface area (Å²) in [5.74, 6) is 0. The summed E-state index contributed by atoms with van der Waals surface area (Å²) >= 11 is 0. The molecule has 0 rings (SSSR count). The summed E-state index contributed by atoms with van der Waals surface area (Å²) in [6.07, 6.45) is 0. The molecule has 0 atom stereocenters. The van der Waals surface area contributed by atoms with E-state index in [4.69, 9.17) is 38.5 Å². The maximum atomic E-state index is 8.88. The van der Waals surface area contributed by atoms with Crippen molar-refractivity contribution in [2.24, 2.45) is 0 Å². The fourth-order valence-corrected chi connectivity index (χ4v) is 0. The molecule has 0 heterocycles. The Hall–Kier alpha value is 2.01. The molecule has 12 heteroatoms. The molecule has 6 N–H and O–H groups in total. The minimum Gasteiger partial charge on any atom is -0.303 e. The third-order valence-corrected chi connectivity index (χ3v) is 0. The maximum Gasteiger partial charge on any atom is 3.00 e. The summed E-state index contributed by atoms with van der Waals surface area (Å²) in [5, 5.41) is 0. The van der Waals surface area contributed by atoms with Gasteiger partial charge in [0.2, 0.25) is 0 Å². The van der Waals surface area contributed by atoms with Crippen LogP contribution in [0.15, 0.2) is 0 Å². The van der Waals surface area contributed by atoms with Crippen LogP contribution in [-0.2, 0) is 9.13 Å². The van der Waals surface area contributed by atoms with E-state index in [9.17, 15) is 0 Å². The van der Waals surface area contributed by atoms with E-state index in [1.54, 1.807) is 0 Å². The Bertz CT molecular complexity index is 129. The van der Waals surface area contributed by atoms with Crippen molar-refractivity contribution in [3.05, 3.63) is 0 Å². The molecule has 8 nitrogen and oxygen atoms in total. The SMILES string of the molecule is O=P(O)(O)O.O=P(O)(O)O.[Al+3].[Ca+2]. The van der Waals surface area contributed by atoms with Crippen LogP contribution < -0.4 is 0 Å². The number of hydrogen-bond acceptors (Lipinski definition) is 2. The zero-order valence-electron chi connectivity index (χ0n) is 5.68. The second-order valence-electron chi connectivity index (χ2n) is 1.03. The summed E-state index contributed by atoms with van der Waals surface area (Å²) in [4.78, 5) is 43.1. The van der Waals surface area contributed by atoms with Crippen molar-refractivity contribution in [1.29, 1.82) is 0 Å². The summed E-state index contributed by atoms with van der Waals surface area (Å²) < 4.78 is 17.8. The molecule has 0 radical (unpaired) electrons. The predicted molar refractivity (Wildman–Crippen MR) is 40.0 cm³/mol. The average Bonchev–Trinajstić information content (AvgIpc) is 1.12. The van der Waals surface area contributed by atoms with Gasteiger partial charge in [0.15, 0.2) is 0 Å². The molecule has 0 amide bonds. The normalized spacial score (nSPS) is 9.83. The van der Waals surface area contributed by atoms with Crippen molar-refractivity contribution in [3.63, 3.8) is 0 Å². The monoisotopic (exact) mass is 263 g/mol. The molecule has 0 aromatic heterocycles. The van der Waals surface area contributed by atoms with Crippen LogP contribution in [-0.4, -0.2) is 84.5 Å². The molecule has 0 fully saturated rings. The summed E-state index contributed by atoms with van der Waals surface area (Å²) in [7, 11) is -9.28. The van der Waals surface area contributed by atoms with E-state index in [1.165, 1.54) is 0 Å². The first-order valence-electron chi connectivity index (χ1n) is 1.57. The Morgan fingerprint density at radius 1 is 0.667 bits per heavy atom. The zero-order chi connectivity index (χ0) is 9.00. The van der Waals surface area contributed by atoms with Crippen LogP contribution in [0, 0.1) is 0 Å². The van der Waals surface area contributed by atoms with Gasteiger partial charge < -0.3 is 29.4 Å². The summed E-state index contributed by atoms with van der Waals surface area (Å²) in [6, 6.07) is 0. The van der Waals surface area contributed by atoms with Crippen molar-refractivity contribution in [1.82, 2.24) is 0 Å². The van der Waals surface area contributed by atoms with Crippen molar-refractivity contribution in [3.8, 4) is 0 Å². The van der Waals surface area contributed by atoms with Crippen LogP contribution in [0.5, 0.6) is 0 Å². The first-order chi connectivity index (χ1) is 4.00. The standard InChI is InChI=1S/Al.Ca.2H3O4P/c;;2*1-5(2,3)4/h;;2*(H3,1,2,3,4)/q+3;+2;;. The maximum absolute atomic E-state index is 8.88. The average molecular weight is 263 g/mol. The van der Waals surface area contributed by atoms with Gasteiger partial charge >= 0.3 is 70.7 Å². The van der Waals surface area contributed by atoms with Crippen LogP contribution in [0.4, 0.5) is 0 Å². The van der Waals surface area contributed by atoms with Crippen LogP contribution in [0.3, 0.4) is 0 Å². The van der Waals surface area contributed by atoms with Gasteiger partial charge in [-0.05, 0) is 0 Å². The summed E-state index contributed by atoms with van der Waals surface area (Å²) in [5.41, 5.74) is 0. The minimum atomic E-state index is -4.64. The molecule has 12 heavy (non-hydrogen) atoms. The van der Waals surface area contributed by atoms with E-state index in [2.05, 4.69) is 0 Å². The fourth-order valence-electron chi connectivity index (χ4n) is 0. The molecule has 0 aliphatic heterocycles. The van der Waals surface area contributed by atoms with E-state index in [-0.39, 0.29) is 55.1 Å². The molecule has 0 saturated carbocycles. The Labute approximate surface area is 108 Å².